The van der Waals surface area contributed by atoms with Crippen molar-refractivity contribution in [3.8, 4) is 5.75 Å². The Hall–Kier alpha value is -1.32. The highest BCUT2D eigenvalue weighted by Gasteiger charge is 2.12. The minimum absolute atomic E-state index is 0.122. The van der Waals surface area contributed by atoms with Gasteiger partial charge >= 0.3 is 0 Å². The topological polar surface area (TPSA) is 35.2 Å². The van der Waals surface area contributed by atoms with Gasteiger partial charge in [-0.1, -0.05) is 40.2 Å². The highest BCUT2D eigenvalue weighted by atomic mass is 79.9. The zero-order valence-electron chi connectivity index (χ0n) is 13.0. The van der Waals surface area contributed by atoms with Crippen molar-refractivity contribution >= 4 is 15.9 Å². The first-order valence-electron chi connectivity index (χ1n) is 7.17. The number of hydrogen-bond donors (Lipinski definition) is 1. The monoisotopic (exact) mass is 347 g/mol. The zero-order chi connectivity index (χ0) is 15.6. The Morgan fingerprint density at radius 2 is 1.48 bits per heavy atom. The maximum absolute atomic E-state index is 6.40. The Bertz CT molecular complexity index is 597. The molecule has 0 saturated carbocycles. The van der Waals surface area contributed by atoms with Crippen LogP contribution in [-0.2, 0) is 0 Å². The van der Waals surface area contributed by atoms with E-state index in [0.717, 1.165) is 21.3 Å². The summed E-state index contributed by atoms with van der Waals surface area (Å²) in [5, 5.41) is 0. The lowest BCUT2D eigenvalue weighted by Crippen LogP contribution is -2.12. The summed E-state index contributed by atoms with van der Waals surface area (Å²) in [6.45, 7) is 8.22. The lowest BCUT2D eigenvalue weighted by atomic mass is 9.96. The van der Waals surface area contributed by atoms with E-state index >= 15 is 0 Å². The molecule has 21 heavy (non-hydrogen) atoms. The molecule has 2 rings (SSSR count). The second kappa shape index (κ2) is 6.63. The Balaban J connectivity index is 2.25. The largest absolute Gasteiger partial charge is 0.491 e. The van der Waals surface area contributed by atoms with Crippen molar-refractivity contribution in [1.29, 1.82) is 0 Å². The molecule has 2 N–H and O–H groups in total. The summed E-state index contributed by atoms with van der Waals surface area (Å²) < 4.78 is 6.81. The van der Waals surface area contributed by atoms with Gasteiger partial charge in [0.2, 0.25) is 0 Å². The van der Waals surface area contributed by atoms with E-state index in [1.807, 2.05) is 38.1 Å². The first-order valence-corrected chi connectivity index (χ1v) is 7.96. The Morgan fingerprint density at radius 3 is 1.95 bits per heavy atom. The summed E-state index contributed by atoms with van der Waals surface area (Å²) in [5.74, 6) is 0.879. The van der Waals surface area contributed by atoms with Crippen LogP contribution in [0.5, 0.6) is 5.75 Å². The SMILES string of the molecule is Cc1cc(C(N)c2ccc(OC(C)C)cc2)cc(C)c1Br. The smallest absolute Gasteiger partial charge is 0.119 e. The summed E-state index contributed by atoms with van der Waals surface area (Å²) in [6.07, 6.45) is 0.182. The highest BCUT2D eigenvalue weighted by Crippen LogP contribution is 2.28. The molecule has 0 fully saturated rings. The molecule has 0 aliphatic rings. The molecule has 1 atom stereocenters. The standard InChI is InChI=1S/C18H22BrNO/c1-11(2)21-16-7-5-14(6-8-16)18(20)15-9-12(3)17(19)13(4)10-15/h5-11,18H,20H2,1-4H3. The first-order chi connectivity index (χ1) is 9.88. The van der Waals surface area contributed by atoms with E-state index in [0.29, 0.717) is 0 Å². The third-order valence-electron chi connectivity index (χ3n) is 3.43. The van der Waals surface area contributed by atoms with E-state index in [2.05, 4.69) is 41.9 Å². The van der Waals surface area contributed by atoms with Crippen LogP contribution in [0, 0.1) is 13.8 Å². The fraction of sp³-hybridized carbons (Fsp3) is 0.333. The van der Waals surface area contributed by atoms with Crippen LogP contribution in [0.15, 0.2) is 40.9 Å². The fourth-order valence-corrected chi connectivity index (χ4v) is 2.61. The van der Waals surface area contributed by atoms with Crippen LogP contribution in [-0.4, -0.2) is 6.10 Å². The number of rotatable bonds is 4. The van der Waals surface area contributed by atoms with Gasteiger partial charge in [-0.15, -0.1) is 0 Å². The van der Waals surface area contributed by atoms with E-state index in [1.54, 1.807) is 0 Å². The van der Waals surface area contributed by atoms with Gasteiger partial charge < -0.3 is 10.5 Å². The van der Waals surface area contributed by atoms with Crippen molar-refractivity contribution in [3.05, 3.63) is 63.1 Å². The van der Waals surface area contributed by atoms with Crippen molar-refractivity contribution in [2.75, 3.05) is 0 Å². The van der Waals surface area contributed by atoms with Gasteiger partial charge in [0.25, 0.3) is 0 Å². The second-order valence-corrected chi connectivity index (χ2v) is 6.47. The molecule has 0 aliphatic heterocycles. The summed E-state index contributed by atoms with van der Waals surface area (Å²) in [6, 6.07) is 12.2. The van der Waals surface area contributed by atoms with Crippen LogP contribution in [0.2, 0.25) is 0 Å². The van der Waals surface area contributed by atoms with Crippen LogP contribution in [0.3, 0.4) is 0 Å². The molecule has 2 aromatic rings. The lowest BCUT2D eigenvalue weighted by molar-refractivity contribution is 0.242. The summed E-state index contributed by atoms with van der Waals surface area (Å²) in [4.78, 5) is 0. The van der Waals surface area contributed by atoms with Crippen LogP contribution >= 0.6 is 15.9 Å². The average Bonchev–Trinajstić information content (AvgIpc) is 2.43. The number of nitrogens with two attached hydrogens (primary N) is 1. The van der Waals surface area contributed by atoms with Gasteiger partial charge in [-0.2, -0.15) is 0 Å². The van der Waals surface area contributed by atoms with Crippen LogP contribution in [0.1, 0.15) is 42.1 Å². The molecule has 0 aromatic heterocycles. The molecule has 0 saturated heterocycles. The van der Waals surface area contributed by atoms with Crippen molar-refractivity contribution in [2.24, 2.45) is 5.73 Å². The maximum atomic E-state index is 6.40. The van der Waals surface area contributed by atoms with Gasteiger partial charge in [-0.25, -0.2) is 0 Å². The number of benzene rings is 2. The molecule has 2 aromatic carbocycles. The van der Waals surface area contributed by atoms with Gasteiger partial charge in [0, 0.05) is 4.47 Å². The molecule has 112 valence electrons. The third kappa shape index (κ3) is 3.86. The van der Waals surface area contributed by atoms with Crippen molar-refractivity contribution in [1.82, 2.24) is 0 Å². The molecular weight excluding hydrogens is 326 g/mol. The lowest BCUT2D eigenvalue weighted by Gasteiger charge is -2.16. The van der Waals surface area contributed by atoms with E-state index in [1.165, 1.54) is 11.1 Å². The summed E-state index contributed by atoms with van der Waals surface area (Å²) >= 11 is 3.59. The van der Waals surface area contributed by atoms with Crippen molar-refractivity contribution < 1.29 is 4.74 Å². The molecular formula is C18H22BrNO. The number of aryl methyl sites for hydroxylation is 2. The number of ether oxygens (including phenoxy) is 1. The van der Waals surface area contributed by atoms with Gasteiger partial charge in [0.15, 0.2) is 0 Å². The minimum atomic E-state index is -0.122. The van der Waals surface area contributed by atoms with Crippen LogP contribution < -0.4 is 10.5 Å². The van der Waals surface area contributed by atoms with Crippen LogP contribution in [0.25, 0.3) is 0 Å². The third-order valence-corrected chi connectivity index (χ3v) is 4.68. The first kappa shape index (κ1) is 16.1. The summed E-state index contributed by atoms with van der Waals surface area (Å²) in [5.41, 5.74) is 11.0. The Morgan fingerprint density at radius 1 is 0.952 bits per heavy atom. The van der Waals surface area contributed by atoms with E-state index in [9.17, 15) is 0 Å². The van der Waals surface area contributed by atoms with Gasteiger partial charge in [0.05, 0.1) is 12.1 Å². The molecule has 2 nitrogen and oxygen atoms in total. The molecule has 3 heteroatoms. The summed E-state index contributed by atoms with van der Waals surface area (Å²) in [7, 11) is 0. The van der Waals surface area contributed by atoms with E-state index in [-0.39, 0.29) is 12.1 Å². The van der Waals surface area contributed by atoms with Gasteiger partial charge in [-0.05, 0) is 62.1 Å². The predicted molar refractivity (Wildman–Crippen MR) is 91.9 cm³/mol. The highest BCUT2D eigenvalue weighted by molar-refractivity contribution is 9.10. The molecule has 0 aliphatic carbocycles. The average molecular weight is 348 g/mol. The normalized spacial score (nSPS) is 12.5. The van der Waals surface area contributed by atoms with Crippen molar-refractivity contribution in [3.63, 3.8) is 0 Å². The van der Waals surface area contributed by atoms with Crippen LogP contribution in [0.4, 0.5) is 0 Å². The van der Waals surface area contributed by atoms with Gasteiger partial charge in [-0.3, -0.25) is 0 Å². The number of hydrogen-bond acceptors (Lipinski definition) is 2. The Kier molecular flexibility index (Phi) is 5.07. The van der Waals surface area contributed by atoms with E-state index < -0.39 is 0 Å². The van der Waals surface area contributed by atoms with E-state index in [4.69, 9.17) is 10.5 Å². The van der Waals surface area contributed by atoms with Gasteiger partial charge in [0.1, 0.15) is 5.75 Å². The molecule has 0 heterocycles. The molecule has 0 amide bonds. The van der Waals surface area contributed by atoms with Crippen molar-refractivity contribution in [2.45, 2.75) is 39.8 Å². The Labute approximate surface area is 135 Å². The molecule has 0 bridgehead atoms. The number of halogens is 1. The quantitative estimate of drug-likeness (QED) is 0.853. The zero-order valence-corrected chi connectivity index (χ0v) is 14.6. The predicted octanol–water partition coefficient (Wildman–Crippen LogP) is 4.90. The molecule has 0 radical (unpaired) electrons. The molecule has 1 unspecified atom stereocenters. The minimum Gasteiger partial charge on any atom is -0.491 e. The second-order valence-electron chi connectivity index (χ2n) is 5.68. The fourth-order valence-electron chi connectivity index (χ4n) is 2.38. The molecule has 0 spiro atoms. The maximum Gasteiger partial charge on any atom is 0.119 e.